The molecule has 0 bridgehead atoms. The van der Waals surface area contributed by atoms with Gasteiger partial charge in [0.25, 0.3) is 0 Å². The summed E-state index contributed by atoms with van der Waals surface area (Å²) in [6.45, 7) is 9.39. The fraction of sp³-hybridized carbons (Fsp3) is 0.367. The van der Waals surface area contributed by atoms with Crippen LogP contribution in [0.4, 0.5) is 9.93 Å². The maximum absolute atomic E-state index is 13.5. The molecule has 0 aliphatic carbocycles. The number of amides is 4. The summed E-state index contributed by atoms with van der Waals surface area (Å²) in [5, 5.41) is 17.8. The van der Waals surface area contributed by atoms with Gasteiger partial charge in [0.1, 0.15) is 12.8 Å². The lowest BCUT2D eigenvalue weighted by Gasteiger charge is -2.32. The van der Waals surface area contributed by atoms with Crippen molar-refractivity contribution in [2.75, 3.05) is 26.6 Å². The number of likely N-dealkylation sites (N-methyl/N-ethyl adjacent to an activating group) is 1. The number of aliphatic hydroxyl groups excluding tert-OH is 1. The molecule has 0 aliphatic heterocycles. The van der Waals surface area contributed by atoms with Crippen LogP contribution in [0.2, 0.25) is 0 Å². The summed E-state index contributed by atoms with van der Waals surface area (Å²) in [6.07, 6.45) is 8.89. The van der Waals surface area contributed by atoms with E-state index in [4.69, 9.17) is 14.6 Å². The fourth-order valence-corrected chi connectivity index (χ4v) is 4.45. The van der Waals surface area contributed by atoms with Crippen molar-refractivity contribution < 1.29 is 29.0 Å². The van der Waals surface area contributed by atoms with Gasteiger partial charge in [-0.05, 0) is 31.6 Å². The Morgan fingerprint density at radius 2 is 1.81 bits per heavy atom. The molecular weight excluding hydrogens is 558 g/mol. The largest absolute Gasteiger partial charge is 0.400 e. The van der Waals surface area contributed by atoms with E-state index in [1.54, 1.807) is 38.5 Å². The normalized spacial score (nSPS) is 13.1. The van der Waals surface area contributed by atoms with Crippen molar-refractivity contribution in [3.63, 3.8) is 0 Å². The van der Waals surface area contributed by atoms with Gasteiger partial charge in [-0.25, -0.2) is 9.78 Å². The summed E-state index contributed by atoms with van der Waals surface area (Å²) in [4.78, 5) is 51.8. The molecule has 0 saturated carbocycles. The highest BCUT2D eigenvalue weighted by Crippen LogP contribution is 2.25. The minimum atomic E-state index is -0.802. The molecule has 1 aromatic carbocycles. The van der Waals surface area contributed by atoms with Crippen molar-refractivity contribution in [2.24, 2.45) is 0 Å². The van der Waals surface area contributed by atoms with Crippen LogP contribution >= 0.6 is 11.3 Å². The van der Waals surface area contributed by atoms with E-state index in [-0.39, 0.29) is 23.8 Å². The molecule has 1 aromatic heterocycles. The quantitative estimate of drug-likeness (QED) is 0.269. The lowest BCUT2D eigenvalue weighted by molar-refractivity contribution is -0.120. The van der Waals surface area contributed by atoms with E-state index in [0.717, 1.165) is 18.4 Å². The highest BCUT2D eigenvalue weighted by atomic mass is 32.1. The van der Waals surface area contributed by atoms with Gasteiger partial charge in [0.05, 0.1) is 12.3 Å². The Bertz CT molecular complexity index is 1180. The van der Waals surface area contributed by atoms with Gasteiger partial charge in [-0.15, -0.1) is 11.3 Å². The number of rotatable bonds is 12. The summed E-state index contributed by atoms with van der Waals surface area (Å²) in [7, 11) is 4.19. The molecule has 4 N–H and O–H groups in total. The number of ether oxygens (including phenoxy) is 1. The number of aromatic nitrogens is 1. The van der Waals surface area contributed by atoms with E-state index in [2.05, 4.69) is 20.9 Å². The lowest BCUT2D eigenvalue weighted by atomic mass is 9.92. The average molecular weight is 602 g/mol. The monoisotopic (exact) mass is 601 g/mol. The number of nitrogens with zero attached hydrogens (tertiary/aromatic N) is 2. The van der Waals surface area contributed by atoms with Crippen LogP contribution in [0.15, 0.2) is 71.8 Å². The maximum atomic E-state index is 13.5. The zero-order valence-corrected chi connectivity index (χ0v) is 26.1. The highest BCUT2D eigenvalue weighted by molar-refractivity contribution is 7.13. The minimum Gasteiger partial charge on any atom is -0.400 e. The molecule has 0 radical (unpaired) electrons. The topological polar surface area (TPSA) is 150 Å². The summed E-state index contributed by atoms with van der Waals surface area (Å²) >= 11 is 1.30. The highest BCUT2D eigenvalue weighted by Gasteiger charge is 2.33. The fourth-order valence-electron chi connectivity index (χ4n) is 3.75. The molecule has 4 amide bonds. The molecule has 11 nitrogen and oxygen atoms in total. The first-order valence-corrected chi connectivity index (χ1v) is 13.9. The van der Waals surface area contributed by atoms with Crippen LogP contribution in [0.3, 0.4) is 0 Å². The van der Waals surface area contributed by atoms with E-state index in [1.807, 2.05) is 69.3 Å². The average Bonchev–Trinajstić information content (AvgIpc) is 3.42. The Labute approximate surface area is 252 Å². The van der Waals surface area contributed by atoms with Gasteiger partial charge in [0.15, 0.2) is 5.13 Å². The third kappa shape index (κ3) is 13.5. The molecule has 42 heavy (non-hydrogen) atoms. The van der Waals surface area contributed by atoms with Gasteiger partial charge in [-0.1, -0.05) is 55.5 Å². The van der Waals surface area contributed by atoms with Crippen molar-refractivity contribution in [1.82, 2.24) is 20.5 Å². The van der Waals surface area contributed by atoms with E-state index in [1.165, 1.54) is 23.2 Å². The van der Waals surface area contributed by atoms with E-state index in [9.17, 15) is 14.4 Å². The molecule has 0 fully saturated rings. The van der Waals surface area contributed by atoms with Crippen LogP contribution in [-0.4, -0.2) is 73.0 Å². The molecule has 0 spiro atoms. The molecule has 12 heteroatoms. The molecular formula is C30H43N5O6S. The van der Waals surface area contributed by atoms with Gasteiger partial charge in [-0.3, -0.25) is 9.59 Å². The Morgan fingerprint density at radius 3 is 2.38 bits per heavy atom. The molecule has 230 valence electrons. The molecule has 0 saturated heterocycles. The van der Waals surface area contributed by atoms with Gasteiger partial charge >= 0.3 is 6.03 Å². The zero-order valence-electron chi connectivity index (χ0n) is 25.3. The maximum Gasteiger partial charge on any atom is 0.318 e. The van der Waals surface area contributed by atoms with Crippen LogP contribution in [0.25, 0.3) is 0 Å². The number of urea groups is 1. The van der Waals surface area contributed by atoms with Crippen LogP contribution < -0.4 is 16.0 Å². The Hall–Kier alpha value is -4.13. The van der Waals surface area contributed by atoms with E-state index >= 15 is 0 Å². The van der Waals surface area contributed by atoms with Gasteiger partial charge < -0.3 is 35.5 Å². The predicted molar refractivity (Wildman–Crippen MR) is 167 cm³/mol. The van der Waals surface area contributed by atoms with Gasteiger partial charge in [0.2, 0.25) is 11.8 Å². The second-order valence-corrected chi connectivity index (χ2v) is 9.61. The van der Waals surface area contributed by atoms with Crippen molar-refractivity contribution in [3.8, 4) is 0 Å². The lowest BCUT2D eigenvalue weighted by Crippen LogP contribution is -2.52. The minimum absolute atomic E-state index is 0.171. The third-order valence-corrected chi connectivity index (χ3v) is 6.38. The SMILES string of the molecule is C=O.CO.C\C=C/C(=C\C=C\[C@H](C)NC(=O)N(C)C(C(=O)Nc1nc(COC)cs1)C(C)c1ccccc1)NC(C)=O. The van der Waals surface area contributed by atoms with Crippen LogP contribution in [0.5, 0.6) is 0 Å². The second-order valence-electron chi connectivity index (χ2n) is 8.75. The summed E-state index contributed by atoms with van der Waals surface area (Å²) in [6, 6.07) is 8.05. The number of methoxy groups -OCH3 is 1. The number of thiazole rings is 1. The number of nitrogens with one attached hydrogen (secondary N) is 3. The Kier molecular flexibility index (Phi) is 19.5. The molecule has 0 aliphatic rings. The number of carbonyl (C=O) groups is 4. The van der Waals surface area contributed by atoms with Gasteiger partial charge in [-0.2, -0.15) is 0 Å². The van der Waals surface area contributed by atoms with Crippen LogP contribution in [0.1, 0.15) is 44.9 Å². The second kappa shape index (κ2) is 21.6. The van der Waals surface area contributed by atoms with Crippen LogP contribution in [-0.2, 0) is 25.7 Å². The van der Waals surface area contributed by atoms with Crippen molar-refractivity contribution >= 4 is 41.1 Å². The van der Waals surface area contributed by atoms with Crippen molar-refractivity contribution in [2.45, 2.75) is 52.3 Å². The number of allylic oxidation sites excluding steroid dienone is 4. The molecule has 3 atom stereocenters. The Balaban J connectivity index is 0.00000402. The Morgan fingerprint density at radius 1 is 1.17 bits per heavy atom. The number of hydrogen-bond acceptors (Lipinski definition) is 8. The molecule has 2 aromatic rings. The van der Waals surface area contributed by atoms with E-state index < -0.39 is 12.1 Å². The van der Waals surface area contributed by atoms with Crippen LogP contribution in [0, 0.1) is 0 Å². The standard InChI is InChI=1S/C28H37N5O4S.CH4O.CH2O/c1-7-12-23(30-21(4)34)16-11-13-19(2)29-28(36)33(5)25(20(3)22-14-9-8-10-15-22)26(35)32-27-31-24(17-37-6)18-38-27;2*1-2/h7-16,18-20,25H,17H2,1-6H3,(H,29,36)(H,30,34)(H,31,32,35);2H,1H3;1H2/b12-7-,13-11+,23-16+;;/t19-,20?,25?;;/m0../s1. The smallest absolute Gasteiger partial charge is 0.318 e. The molecule has 2 rings (SSSR count). The summed E-state index contributed by atoms with van der Waals surface area (Å²) in [5.74, 6) is -0.801. The predicted octanol–water partition coefficient (Wildman–Crippen LogP) is 4.01. The number of hydrogen-bond donors (Lipinski definition) is 4. The summed E-state index contributed by atoms with van der Waals surface area (Å²) in [5.41, 5.74) is 2.28. The number of carbonyl (C=O) groups excluding carboxylic acids is 4. The van der Waals surface area contributed by atoms with E-state index in [0.29, 0.717) is 17.4 Å². The number of benzene rings is 1. The number of anilines is 1. The first kappa shape index (κ1) is 37.9. The zero-order chi connectivity index (χ0) is 32.1. The summed E-state index contributed by atoms with van der Waals surface area (Å²) < 4.78 is 5.11. The number of aliphatic hydroxyl groups is 1. The van der Waals surface area contributed by atoms with Crippen molar-refractivity contribution in [1.29, 1.82) is 0 Å². The molecule has 1 heterocycles. The molecule has 2 unspecified atom stereocenters. The first-order chi connectivity index (χ1) is 20.2. The van der Waals surface area contributed by atoms with Gasteiger partial charge in [0, 0.05) is 51.2 Å². The third-order valence-electron chi connectivity index (χ3n) is 5.57. The first-order valence-electron chi connectivity index (χ1n) is 13.0. The van der Waals surface area contributed by atoms with Crippen molar-refractivity contribution in [3.05, 3.63) is 83.0 Å².